The van der Waals surface area contributed by atoms with Gasteiger partial charge < -0.3 is 5.11 Å². The third-order valence-corrected chi connectivity index (χ3v) is 6.86. The molecule has 1 amide bonds. The monoisotopic (exact) mass is 576 g/mol. The third-order valence-electron chi connectivity index (χ3n) is 6.86. The van der Waals surface area contributed by atoms with Crippen molar-refractivity contribution >= 4 is 22.8 Å². The minimum absolute atomic E-state index is 0.0624. The Hall–Kier alpha value is -4.80. The van der Waals surface area contributed by atoms with Gasteiger partial charge in [-0.1, -0.05) is 32.0 Å². The van der Waals surface area contributed by atoms with E-state index in [9.17, 15) is 24.0 Å². The number of carbonyl (C=O) groups is 2. The summed E-state index contributed by atoms with van der Waals surface area (Å²) < 4.78 is 30.1. The predicted molar refractivity (Wildman–Crippen MR) is 153 cm³/mol. The smallest absolute Gasteiger partial charge is 0.308 e. The predicted octanol–water partition coefficient (Wildman–Crippen LogP) is 5.79. The van der Waals surface area contributed by atoms with Crippen molar-refractivity contribution in [3.8, 4) is 11.1 Å². The highest BCUT2D eigenvalue weighted by molar-refractivity contribution is 5.94. The number of hydrazine groups is 1. The summed E-state index contributed by atoms with van der Waals surface area (Å²) in [6.07, 6.45) is 1.40. The van der Waals surface area contributed by atoms with Crippen LogP contribution in [0.4, 0.5) is 8.78 Å². The molecule has 0 aliphatic carbocycles. The van der Waals surface area contributed by atoms with Crippen LogP contribution < -0.4 is 10.7 Å². The lowest BCUT2D eigenvalue weighted by Crippen LogP contribution is -2.49. The Morgan fingerprint density at radius 3 is 2.43 bits per heavy atom. The van der Waals surface area contributed by atoms with Crippen LogP contribution in [0.2, 0.25) is 0 Å². The number of pyridine rings is 2. The van der Waals surface area contributed by atoms with E-state index in [4.69, 9.17) is 0 Å². The highest BCUT2D eigenvalue weighted by Gasteiger charge is 2.34. The number of nitrogens with zero attached hydrogens (tertiary/aromatic N) is 3. The minimum Gasteiger partial charge on any atom is -0.481 e. The molecule has 0 aliphatic heterocycles. The van der Waals surface area contributed by atoms with E-state index >= 15 is 4.39 Å². The van der Waals surface area contributed by atoms with Crippen molar-refractivity contribution in [2.24, 2.45) is 5.92 Å². The molecular formula is C31H32F2N5O4+. The molecule has 11 heteroatoms. The van der Waals surface area contributed by atoms with Crippen molar-refractivity contribution in [2.75, 3.05) is 0 Å². The number of aliphatic carboxylic acids is 1. The van der Waals surface area contributed by atoms with Gasteiger partial charge in [-0.05, 0) is 72.4 Å². The molecule has 0 spiro atoms. The summed E-state index contributed by atoms with van der Waals surface area (Å²) in [4.78, 5) is 47.0. The number of carboxylic acids is 1. The lowest BCUT2D eigenvalue weighted by atomic mass is 9.92. The van der Waals surface area contributed by atoms with Gasteiger partial charge in [-0.2, -0.15) is 0 Å². The van der Waals surface area contributed by atoms with Crippen LogP contribution in [-0.4, -0.2) is 38.0 Å². The van der Waals surface area contributed by atoms with Crippen LogP contribution in [0.15, 0.2) is 60.9 Å². The van der Waals surface area contributed by atoms with E-state index in [2.05, 4.69) is 20.7 Å². The first kappa shape index (κ1) is 30.2. The molecule has 4 rings (SSSR count). The topological polar surface area (TPSA) is 124 Å². The summed E-state index contributed by atoms with van der Waals surface area (Å²) in [5, 5.41) is 13.0. The maximum absolute atomic E-state index is 15.2. The van der Waals surface area contributed by atoms with Crippen molar-refractivity contribution in [3.05, 3.63) is 99.9 Å². The summed E-state index contributed by atoms with van der Waals surface area (Å²) in [5.74, 6) is -4.48. The molecule has 0 fully saturated rings. The van der Waals surface area contributed by atoms with Crippen LogP contribution in [-0.2, 0) is 4.79 Å². The second kappa shape index (κ2) is 12.8. The number of benzene rings is 2. The van der Waals surface area contributed by atoms with Gasteiger partial charge in [0.1, 0.15) is 16.6 Å². The zero-order chi connectivity index (χ0) is 30.6. The molecule has 218 valence electrons. The van der Waals surface area contributed by atoms with Crippen LogP contribution in [0.25, 0.3) is 22.0 Å². The number of aryl methyl sites for hydroxylation is 2. The van der Waals surface area contributed by atoms with Gasteiger partial charge in [-0.15, -0.1) is 5.43 Å². The van der Waals surface area contributed by atoms with Crippen molar-refractivity contribution < 1.29 is 28.3 Å². The Morgan fingerprint density at radius 2 is 1.76 bits per heavy atom. The standard InChI is InChI=1S/C31H31F2N5O4/c1-17(2)12-27(36-31(41)25-9-8-20-16-34-11-10-24(20)35-25)38(42)37-26(15-28(39)40)22-13-21(14-23(32)30(22)33)29-18(3)6-5-7-19(29)4/h5-11,13-14,16-17,26-27H,12,15H2,1-4H3,(H2-,36,37,39,40,41,42)/p+1/t26-,27+/m0/s1. The van der Waals surface area contributed by atoms with Crippen LogP contribution in [0.5, 0.6) is 0 Å². The summed E-state index contributed by atoms with van der Waals surface area (Å²) in [7, 11) is 0. The number of nitrogens with one attached hydrogen (secondary N) is 2. The van der Waals surface area contributed by atoms with Crippen molar-refractivity contribution in [2.45, 2.75) is 52.7 Å². The van der Waals surface area contributed by atoms with Crippen molar-refractivity contribution in [1.29, 1.82) is 0 Å². The molecule has 0 saturated heterocycles. The molecule has 2 atom stereocenters. The number of aromatic nitrogens is 2. The lowest BCUT2D eigenvalue weighted by molar-refractivity contribution is -0.652. The molecule has 9 nitrogen and oxygen atoms in total. The van der Waals surface area contributed by atoms with Gasteiger partial charge in [0, 0.05) is 29.8 Å². The van der Waals surface area contributed by atoms with Crippen molar-refractivity contribution in [3.63, 3.8) is 0 Å². The van der Waals surface area contributed by atoms with Crippen LogP contribution in [0.1, 0.15) is 59.9 Å². The van der Waals surface area contributed by atoms with E-state index < -0.39 is 42.1 Å². The van der Waals surface area contributed by atoms with Crippen LogP contribution >= 0.6 is 0 Å². The molecule has 0 radical (unpaired) electrons. The fraction of sp³-hybridized carbons (Fsp3) is 0.290. The fourth-order valence-corrected chi connectivity index (χ4v) is 4.90. The summed E-state index contributed by atoms with van der Waals surface area (Å²) in [6, 6.07) is 11.3. The number of rotatable bonds is 11. The first-order valence-electron chi connectivity index (χ1n) is 13.5. The highest BCUT2D eigenvalue weighted by atomic mass is 19.2. The molecule has 0 bridgehead atoms. The number of amides is 1. The van der Waals surface area contributed by atoms with Gasteiger partial charge in [-0.3, -0.25) is 19.9 Å². The van der Waals surface area contributed by atoms with Crippen molar-refractivity contribution in [1.82, 2.24) is 20.7 Å². The Bertz CT molecular complexity index is 1640. The molecule has 2 aromatic carbocycles. The SMILES string of the molecule is Cc1cccc(C)c1-c1cc(F)c(F)c([C@H](CC(=O)O)N[N+](=O)[C@H](CC(C)C)NC(=O)c2ccc3cnccc3n2)c1. The highest BCUT2D eigenvalue weighted by Crippen LogP contribution is 2.33. The van der Waals surface area contributed by atoms with Crippen LogP contribution in [0.3, 0.4) is 0 Å². The number of fused-ring (bicyclic) bond motifs is 1. The fourth-order valence-electron chi connectivity index (χ4n) is 4.90. The van der Waals surface area contributed by atoms with E-state index in [0.29, 0.717) is 21.5 Å². The number of carbonyl (C=O) groups excluding carboxylic acids is 1. The van der Waals surface area contributed by atoms with E-state index in [1.165, 1.54) is 12.1 Å². The van der Waals surface area contributed by atoms with E-state index in [1.54, 1.807) is 24.5 Å². The van der Waals surface area contributed by atoms with Gasteiger partial charge >= 0.3 is 12.1 Å². The maximum Gasteiger partial charge on any atom is 0.308 e. The normalized spacial score (nSPS) is 12.6. The summed E-state index contributed by atoms with van der Waals surface area (Å²) in [6.45, 7) is 7.34. The van der Waals surface area contributed by atoms with Gasteiger partial charge in [-0.25, -0.2) is 13.8 Å². The molecule has 0 aliphatic rings. The van der Waals surface area contributed by atoms with E-state index in [0.717, 1.165) is 22.6 Å². The first-order valence-corrected chi connectivity index (χ1v) is 13.5. The third kappa shape index (κ3) is 6.91. The Morgan fingerprint density at radius 1 is 1.05 bits per heavy atom. The quantitative estimate of drug-likeness (QED) is 0.117. The summed E-state index contributed by atoms with van der Waals surface area (Å²) >= 11 is 0. The Kier molecular flexibility index (Phi) is 9.19. The molecule has 4 aromatic rings. The molecule has 42 heavy (non-hydrogen) atoms. The second-order valence-corrected chi connectivity index (χ2v) is 10.6. The average Bonchev–Trinajstić information content (AvgIpc) is 2.93. The lowest BCUT2D eigenvalue weighted by Gasteiger charge is -2.20. The molecule has 2 aromatic heterocycles. The zero-order valence-corrected chi connectivity index (χ0v) is 23.7. The Balaban J connectivity index is 1.66. The molecule has 0 unspecified atom stereocenters. The number of halogens is 2. The number of nitroso groups, excluding NO2 is 1. The molecule has 3 N–H and O–H groups in total. The average molecular weight is 577 g/mol. The number of hydrogen-bond acceptors (Lipinski definition) is 5. The molecule has 0 saturated carbocycles. The van der Waals surface area contributed by atoms with E-state index in [1.807, 2.05) is 45.9 Å². The zero-order valence-electron chi connectivity index (χ0n) is 23.7. The second-order valence-electron chi connectivity index (χ2n) is 10.6. The number of hydrogen-bond donors (Lipinski definition) is 3. The largest absolute Gasteiger partial charge is 0.481 e. The Labute approximate surface area is 241 Å². The minimum atomic E-state index is -1.45. The van der Waals surface area contributed by atoms with Gasteiger partial charge in [0.15, 0.2) is 11.6 Å². The maximum atomic E-state index is 15.2. The first-order chi connectivity index (χ1) is 19.9. The molecular weight excluding hydrogens is 544 g/mol. The van der Waals surface area contributed by atoms with Crippen LogP contribution in [0, 0.1) is 36.3 Å². The number of carboxylic acid groups (broad SMARTS) is 1. The van der Waals surface area contributed by atoms with Gasteiger partial charge in [0.05, 0.1) is 16.8 Å². The van der Waals surface area contributed by atoms with E-state index in [-0.39, 0.29) is 23.6 Å². The van der Waals surface area contributed by atoms with Gasteiger partial charge in [0.2, 0.25) is 0 Å². The molecule has 2 heterocycles. The van der Waals surface area contributed by atoms with Gasteiger partial charge in [0.25, 0.3) is 5.91 Å². The summed E-state index contributed by atoms with van der Waals surface area (Å²) in [5.41, 5.74) is 5.42.